The van der Waals surface area contributed by atoms with Crippen LogP contribution < -0.4 is 0 Å². The van der Waals surface area contributed by atoms with Crippen molar-refractivity contribution in [1.82, 2.24) is 0 Å². The van der Waals surface area contributed by atoms with Crippen LogP contribution in [0.5, 0.6) is 0 Å². The number of ketones is 1. The molecule has 0 radical (unpaired) electrons. The van der Waals surface area contributed by atoms with Gasteiger partial charge < -0.3 is 4.42 Å². The van der Waals surface area contributed by atoms with Crippen LogP contribution in [0.4, 0.5) is 0 Å². The van der Waals surface area contributed by atoms with E-state index in [9.17, 15) is 4.79 Å². The summed E-state index contributed by atoms with van der Waals surface area (Å²) in [6.07, 6.45) is 0. The zero-order valence-corrected chi connectivity index (χ0v) is 12.6. The summed E-state index contributed by atoms with van der Waals surface area (Å²) in [5.41, 5.74) is 1.63. The Morgan fingerprint density at radius 1 is 1.24 bits per heavy atom. The minimum absolute atomic E-state index is 0.0434. The highest BCUT2D eigenvalue weighted by Gasteiger charge is 2.23. The summed E-state index contributed by atoms with van der Waals surface area (Å²) >= 11 is 4.94. The molecule has 0 amide bonds. The quantitative estimate of drug-likeness (QED) is 0.760. The van der Waals surface area contributed by atoms with Gasteiger partial charge in [0.25, 0.3) is 0 Å². The maximum absolute atomic E-state index is 12.5. The van der Waals surface area contributed by atoms with Gasteiger partial charge in [-0.3, -0.25) is 4.79 Å². The van der Waals surface area contributed by atoms with Crippen LogP contribution in [0.1, 0.15) is 37.2 Å². The molecular formula is C13H13BrO2S. The van der Waals surface area contributed by atoms with Gasteiger partial charge in [0.1, 0.15) is 11.5 Å². The van der Waals surface area contributed by atoms with Crippen molar-refractivity contribution in [2.45, 2.75) is 27.7 Å². The van der Waals surface area contributed by atoms with Gasteiger partial charge in [0, 0.05) is 14.9 Å². The number of carbonyl (C=O) groups is 1. The van der Waals surface area contributed by atoms with Crippen LogP contribution in [0, 0.1) is 27.7 Å². The van der Waals surface area contributed by atoms with Gasteiger partial charge in [-0.2, -0.15) is 0 Å². The lowest BCUT2D eigenvalue weighted by Gasteiger charge is -1.99. The second-order valence-corrected chi connectivity index (χ2v) is 6.19. The number of rotatable bonds is 2. The van der Waals surface area contributed by atoms with Crippen LogP contribution in [-0.2, 0) is 0 Å². The average Bonchev–Trinajstić information content (AvgIpc) is 2.68. The molecule has 0 saturated carbocycles. The lowest BCUT2D eigenvalue weighted by Crippen LogP contribution is -2.02. The fourth-order valence-electron chi connectivity index (χ4n) is 1.88. The third kappa shape index (κ3) is 2.11. The van der Waals surface area contributed by atoms with Gasteiger partial charge >= 0.3 is 0 Å². The molecule has 0 N–H and O–H groups in total. The summed E-state index contributed by atoms with van der Waals surface area (Å²) in [4.78, 5) is 14.3. The number of hydrogen-bond acceptors (Lipinski definition) is 3. The van der Waals surface area contributed by atoms with E-state index in [1.54, 1.807) is 0 Å². The van der Waals surface area contributed by atoms with Crippen molar-refractivity contribution in [2.24, 2.45) is 0 Å². The topological polar surface area (TPSA) is 30.2 Å². The molecule has 0 fully saturated rings. The van der Waals surface area contributed by atoms with Crippen LogP contribution in [0.15, 0.2) is 15.0 Å². The molecule has 0 atom stereocenters. The second-order valence-electron chi connectivity index (χ2n) is 4.08. The largest absolute Gasteiger partial charge is 0.466 e. The molecule has 4 heteroatoms. The predicted molar refractivity (Wildman–Crippen MR) is 73.1 cm³/mol. The first-order valence-electron chi connectivity index (χ1n) is 5.29. The summed E-state index contributed by atoms with van der Waals surface area (Å²) in [6.45, 7) is 7.63. The van der Waals surface area contributed by atoms with Gasteiger partial charge in [-0.15, -0.1) is 11.3 Å². The average molecular weight is 313 g/mol. The van der Waals surface area contributed by atoms with Crippen molar-refractivity contribution in [3.05, 3.63) is 42.9 Å². The first-order chi connectivity index (χ1) is 7.91. The van der Waals surface area contributed by atoms with E-state index in [1.165, 1.54) is 11.3 Å². The highest BCUT2D eigenvalue weighted by Crippen LogP contribution is 2.32. The van der Waals surface area contributed by atoms with E-state index in [4.69, 9.17) is 4.42 Å². The van der Waals surface area contributed by atoms with Crippen molar-refractivity contribution in [3.8, 4) is 0 Å². The van der Waals surface area contributed by atoms with Crippen molar-refractivity contribution >= 4 is 33.0 Å². The molecule has 0 aliphatic heterocycles. The van der Waals surface area contributed by atoms with E-state index in [2.05, 4.69) is 15.9 Å². The maximum Gasteiger partial charge on any atom is 0.207 e. The summed E-state index contributed by atoms with van der Waals surface area (Å²) in [5.74, 6) is 1.56. The first-order valence-corrected chi connectivity index (χ1v) is 6.90. The fraction of sp³-hybridized carbons (Fsp3) is 0.308. The molecule has 0 unspecified atom stereocenters. The van der Waals surface area contributed by atoms with Gasteiger partial charge in [0.15, 0.2) is 0 Å². The Morgan fingerprint density at radius 3 is 2.29 bits per heavy atom. The van der Waals surface area contributed by atoms with Crippen LogP contribution in [0.2, 0.25) is 0 Å². The lowest BCUT2D eigenvalue weighted by atomic mass is 10.1. The maximum atomic E-state index is 12.5. The minimum atomic E-state index is 0.0434. The Hall–Kier alpha value is -0.870. The predicted octanol–water partition coefficient (Wildman–Crippen LogP) is 4.57. The summed E-state index contributed by atoms with van der Waals surface area (Å²) < 4.78 is 6.37. The Kier molecular flexibility index (Phi) is 3.27. The Bertz CT molecular complexity index is 593. The van der Waals surface area contributed by atoms with Crippen molar-refractivity contribution in [1.29, 1.82) is 0 Å². The fourth-order valence-corrected chi connectivity index (χ4v) is 3.65. The van der Waals surface area contributed by atoms with Crippen molar-refractivity contribution in [3.63, 3.8) is 0 Å². The Balaban J connectivity index is 2.55. The second kappa shape index (κ2) is 4.42. The standard InChI is InChI=1S/C13H13BrO2S/c1-6-5-10(14)13(17-6)12(15)11-7(2)8(3)16-9(11)4/h5H,1-4H3. The summed E-state index contributed by atoms with van der Waals surface area (Å²) in [6, 6.07) is 1.97. The normalized spacial score (nSPS) is 10.9. The van der Waals surface area contributed by atoms with Crippen LogP contribution in [0.25, 0.3) is 0 Å². The number of thiophene rings is 1. The Morgan fingerprint density at radius 2 is 1.88 bits per heavy atom. The van der Waals surface area contributed by atoms with Gasteiger partial charge in [-0.25, -0.2) is 0 Å². The van der Waals surface area contributed by atoms with E-state index in [0.29, 0.717) is 11.3 Å². The molecule has 0 aliphatic carbocycles. The molecule has 2 heterocycles. The van der Waals surface area contributed by atoms with E-state index in [1.807, 2.05) is 33.8 Å². The molecule has 2 rings (SSSR count). The number of aryl methyl sites for hydroxylation is 3. The molecule has 0 spiro atoms. The third-order valence-corrected chi connectivity index (χ3v) is 4.74. The number of halogens is 1. The number of carbonyl (C=O) groups excluding carboxylic acids is 1. The molecule has 2 nitrogen and oxygen atoms in total. The highest BCUT2D eigenvalue weighted by atomic mass is 79.9. The van der Waals surface area contributed by atoms with Crippen LogP contribution >= 0.6 is 27.3 Å². The summed E-state index contributed by atoms with van der Waals surface area (Å²) in [5, 5.41) is 0. The van der Waals surface area contributed by atoms with Crippen molar-refractivity contribution in [2.75, 3.05) is 0 Å². The van der Waals surface area contributed by atoms with Gasteiger partial charge in [0.2, 0.25) is 5.78 Å². The monoisotopic (exact) mass is 312 g/mol. The third-order valence-electron chi connectivity index (χ3n) is 2.80. The number of hydrogen-bond donors (Lipinski definition) is 0. The van der Waals surface area contributed by atoms with E-state index < -0.39 is 0 Å². The van der Waals surface area contributed by atoms with Gasteiger partial charge in [-0.1, -0.05) is 0 Å². The van der Waals surface area contributed by atoms with Crippen LogP contribution in [0.3, 0.4) is 0 Å². The van der Waals surface area contributed by atoms with Crippen molar-refractivity contribution < 1.29 is 9.21 Å². The van der Waals surface area contributed by atoms with Gasteiger partial charge in [-0.05, 0) is 49.7 Å². The first kappa shape index (κ1) is 12.6. The lowest BCUT2D eigenvalue weighted by molar-refractivity contribution is 0.104. The Labute approximate surface area is 113 Å². The molecule has 0 saturated heterocycles. The molecular weight excluding hydrogens is 300 g/mol. The minimum Gasteiger partial charge on any atom is -0.466 e. The highest BCUT2D eigenvalue weighted by molar-refractivity contribution is 9.10. The summed E-state index contributed by atoms with van der Waals surface area (Å²) in [7, 11) is 0. The smallest absolute Gasteiger partial charge is 0.207 e. The zero-order chi connectivity index (χ0) is 12.7. The molecule has 2 aromatic heterocycles. The number of furan rings is 1. The molecule has 0 aromatic carbocycles. The molecule has 2 aromatic rings. The molecule has 0 bridgehead atoms. The zero-order valence-electron chi connectivity index (χ0n) is 10.2. The molecule has 0 aliphatic rings. The van der Waals surface area contributed by atoms with E-state index in [0.717, 1.165) is 25.6 Å². The SMILES string of the molecule is Cc1cc(Br)c(C(=O)c2c(C)oc(C)c2C)s1. The molecule has 90 valence electrons. The van der Waals surface area contributed by atoms with E-state index >= 15 is 0 Å². The van der Waals surface area contributed by atoms with E-state index in [-0.39, 0.29) is 5.78 Å². The van der Waals surface area contributed by atoms with Crippen LogP contribution in [-0.4, -0.2) is 5.78 Å². The molecule has 17 heavy (non-hydrogen) atoms. The van der Waals surface area contributed by atoms with Gasteiger partial charge in [0.05, 0.1) is 10.4 Å².